The number of aryl methyl sites for hydroxylation is 1. The third-order valence-corrected chi connectivity index (χ3v) is 4.45. The number of carbonyl (C=O) groups is 2. The Morgan fingerprint density at radius 2 is 2.19 bits per heavy atom. The minimum absolute atomic E-state index is 0.0602. The SMILES string of the molecule is Cc1cccc(CN2C(=O)CC[C@@H]3[C@H]2CCN3C(N)=O)n1. The van der Waals surface area contributed by atoms with Gasteiger partial charge in [0, 0.05) is 18.7 Å². The normalized spacial score (nSPS) is 25.1. The highest BCUT2D eigenvalue weighted by molar-refractivity contribution is 5.79. The fourth-order valence-electron chi connectivity index (χ4n) is 3.49. The van der Waals surface area contributed by atoms with Crippen molar-refractivity contribution in [3.63, 3.8) is 0 Å². The summed E-state index contributed by atoms with van der Waals surface area (Å²) in [4.78, 5) is 31.8. The first-order valence-electron chi connectivity index (χ1n) is 7.34. The van der Waals surface area contributed by atoms with Crippen molar-refractivity contribution in [2.24, 2.45) is 5.73 Å². The van der Waals surface area contributed by atoms with Crippen LogP contribution in [0.3, 0.4) is 0 Å². The molecule has 3 rings (SSSR count). The molecule has 2 aliphatic heterocycles. The molecule has 21 heavy (non-hydrogen) atoms. The van der Waals surface area contributed by atoms with Crippen molar-refractivity contribution in [3.05, 3.63) is 29.6 Å². The van der Waals surface area contributed by atoms with E-state index in [0.717, 1.165) is 17.8 Å². The van der Waals surface area contributed by atoms with Crippen molar-refractivity contribution in [3.8, 4) is 0 Å². The molecule has 0 spiro atoms. The number of amides is 3. The van der Waals surface area contributed by atoms with Gasteiger partial charge in [0.15, 0.2) is 0 Å². The summed E-state index contributed by atoms with van der Waals surface area (Å²) in [5, 5.41) is 0. The van der Waals surface area contributed by atoms with Crippen molar-refractivity contribution in [1.29, 1.82) is 0 Å². The average molecular weight is 288 g/mol. The van der Waals surface area contributed by atoms with Crippen LogP contribution < -0.4 is 5.73 Å². The molecular weight excluding hydrogens is 268 g/mol. The number of hydrogen-bond acceptors (Lipinski definition) is 3. The summed E-state index contributed by atoms with van der Waals surface area (Å²) in [7, 11) is 0. The molecule has 2 aliphatic rings. The zero-order valence-corrected chi connectivity index (χ0v) is 12.2. The lowest BCUT2D eigenvalue weighted by Crippen LogP contribution is -2.53. The van der Waals surface area contributed by atoms with E-state index >= 15 is 0 Å². The Morgan fingerprint density at radius 3 is 2.90 bits per heavy atom. The van der Waals surface area contributed by atoms with Crippen molar-refractivity contribution in [2.75, 3.05) is 6.54 Å². The zero-order valence-electron chi connectivity index (χ0n) is 12.2. The van der Waals surface area contributed by atoms with Gasteiger partial charge in [0.1, 0.15) is 0 Å². The van der Waals surface area contributed by atoms with Crippen LogP contribution in [0.5, 0.6) is 0 Å². The van der Waals surface area contributed by atoms with Crippen LogP contribution in [0.2, 0.25) is 0 Å². The van der Waals surface area contributed by atoms with E-state index < -0.39 is 0 Å². The molecule has 0 bridgehead atoms. The summed E-state index contributed by atoms with van der Waals surface area (Å²) in [6.07, 6.45) is 1.98. The Labute approximate surface area is 123 Å². The summed E-state index contributed by atoms with van der Waals surface area (Å²) >= 11 is 0. The number of hydrogen-bond donors (Lipinski definition) is 1. The third kappa shape index (κ3) is 2.57. The summed E-state index contributed by atoms with van der Waals surface area (Å²) in [6.45, 7) is 3.08. The van der Waals surface area contributed by atoms with E-state index in [0.29, 0.717) is 25.9 Å². The molecule has 2 N–H and O–H groups in total. The number of fused-ring (bicyclic) bond motifs is 1. The van der Waals surface area contributed by atoms with Crippen LogP contribution in [-0.2, 0) is 11.3 Å². The Balaban J connectivity index is 1.80. The van der Waals surface area contributed by atoms with Gasteiger partial charge in [-0.15, -0.1) is 0 Å². The van der Waals surface area contributed by atoms with Gasteiger partial charge in [-0.1, -0.05) is 6.07 Å². The number of primary amides is 1. The van der Waals surface area contributed by atoms with E-state index in [1.807, 2.05) is 30.0 Å². The fraction of sp³-hybridized carbons (Fsp3) is 0.533. The fourth-order valence-corrected chi connectivity index (χ4v) is 3.49. The maximum atomic E-state index is 12.3. The maximum Gasteiger partial charge on any atom is 0.315 e. The number of nitrogens with two attached hydrogens (primary N) is 1. The first kappa shape index (κ1) is 13.9. The second kappa shape index (κ2) is 5.35. The second-order valence-electron chi connectivity index (χ2n) is 5.79. The van der Waals surface area contributed by atoms with Gasteiger partial charge < -0.3 is 15.5 Å². The highest BCUT2D eigenvalue weighted by Crippen LogP contribution is 2.32. The van der Waals surface area contributed by atoms with E-state index in [2.05, 4.69) is 4.98 Å². The lowest BCUT2D eigenvalue weighted by molar-refractivity contribution is -0.138. The van der Waals surface area contributed by atoms with Crippen molar-refractivity contribution < 1.29 is 9.59 Å². The molecule has 0 unspecified atom stereocenters. The molecule has 0 aromatic carbocycles. The lowest BCUT2D eigenvalue weighted by atomic mass is 9.96. The Hall–Kier alpha value is -2.11. The molecule has 6 heteroatoms. The van der Waals surface area contributed by atoms with E-state index in [4.69, 9.17) is 5.73 Å². The minimum Gasteiger partial charge on any atom is -0.351 e. The number of likely N-dealkylation sites (tertiary alicyclic amines) is 2. The van der Waals surface area contributed by atoms with Gasteiger partial charge in [-0.2, -0.15) is 0 Å². The first-order valence-corrected chi connectivity index (χ1v) is 7.34. The van der Waals surface area contributed by atoms with Gasteiger partial charge in [0.25, 0.3) is 0 Å². The molecule has 112 valence electrons. The number of rotatable bonds is 2. The van der Waals surface area contributed by atoms with Crippen LogP contribution in [0.15, 0.2) is 18.2 Å². The van der Waals surface area contributed by atoms with E-state index in [1.54, 1.807) is 4.90 Å². The van der Waals surface area contributed by atoms with Crippen LogP contribution in [0.25, 0.3) is 0 Å². The summed E-state index contributed by atoms with van der Waals surface area (Å²) in [6, 6.07) is 5.57. The first-order chi connectivity index (χ1) is 10.1. The smallest absolute Gasteiger partial charge is 0.315 e. The van der Waals surface area contributed by atoms with Crippen molar-refractivity contribution >= 4 is 11.9 Å². The molecule has 2 saturated heterocycles. The molecule has 0 aliphatic carbocycles. The highest BCUT2D eigenvalue weighted by atomic mass is 16.2. The Kier molecular flexibility index (Phi) is 3.53. The molecular formula is C15H20N4O2. The van der Waals surface area contributed by atoms with Crippen LogP contribution in [0, 0.1) is 6.92 Å². The Morgan fingerprint density at radius 1 is 1.38 bits per heavy atom. The summed E-state index contributed by atoms with van der Waals surface area (Å²) < 4.78 is 0. The van der Waals surface area contributed by atoms with Crippen molar-refractivity contribution in [1.82, 2.24) is 14.8 Å². The molecule has 2 atom stereocenters. The van der Waals surface area contributed by atoms with Gasteiger partial charge in [0.05, 0.1) is 24.3 Å². The average Bonchev–Trinajstić information content (AvgIpc) is 2.86. The molecule has 6 nitrogen and oxygen atoms in total. The molecule has 1 aromatic heterocycles. The number of piperidine rings is 1. The molecule has 2 fully saturated rings. The van der Waals surface area contributed by atoms with Gasteiger partial charge in [-0.05, 0) is 31.9 Å². The van der Waals surface area contributed by atoms with Crippen LogP contribution in [-0.4, -0.2) is 45.4 Å². The van der Waals surface area contributed by atoms with E-state index in [9.17, 15) is 9.59 Å². The van der Waals surface area contributed by atoms with Gasteiger partial charge in [-0.3, -0.25) is 9.78 Å². The largest absolute Gasteiger partial charge is 0.351 e. The topological polar surface area (TPSA) is 79.5 Å². The molecule has 0 radical (unpaired) electrons. The van der Waals surface area contributed by atoms with E-state index in [-0.39, 0.29) is 24.0 Å². The van der Waals surface area contributed by atoms with E-state index in [1.165, 1.54) is 0 Å². The predicted molar refractivity (Wildman–Crippen MR) is 77.2 cm³/mol. The number of aromatic nitrogens is 1. The lowest BCUT2D eigenvalue weighted by Gasteiger charge is -2.39. The monoisotopic (exact) mass is 288 g/mol. The van der Waals surface area contributed by atoms with Crippen LogP contribution in [0.4, 0.5) is 4.79 Å². The molecule has 3 heterocycles. The second-order valence-corrected chi connectivity index (χ2v) is 5.79. The van der Waals surface area contributed by atoms with Gasteiger partial charge in [-0.25, -0.2) is 4.79 Å². The number of nitrogens with zero attached hydrogens (tertiary/aromatic N) is 3. The molecule has 0 saturated carbocycles. The predicted octanol–water partition coefficient (Wildman–Crippen LogP) is 1.03. The number of carbonyl (C=O) groups excluding carboxylic acids is 2. The number of pyridine rings is 1. The van der Waals surface area contributed by atoms with Crippen LogP contribution >= 0.6 is 0 Å². The Bertz CT molecular complexity index is 575. The maximum absolute atomic E-state index is 12.3. The zero-order chi connectivity index (χ0) is 15.0. The molecule has 3 amide bonds. The highest BCUT2D eigenvalue weighted by Gasteiger charge is 2.44. The minimum atomic E-state index is -0.384. The summed E-state index contributed by atoms with van der Waals surface area (Å²) in [5.74, 6) is 0.144. The molecule has 1 aromatic rings. The quantitative estimate of drug-likeness (QED) is 0.883. The van der Waals surface area contributed by atoms with Crippen LogP contribution in [0.1, 0.15) is 30.7 Å². The van der Waals surface area contributed by atoms with Crippen molar-refractivity contribution in [2.45, 2.75) is 44.8 Å². The van der Waals surface area contributed by atoms with Gasteiger partial charge >= 0.3 is 6.03 Å². The number of urea groups is 1. The van der Waals surface area contributed by atoms with Gasteiger partial charge in [0.2, 0.25) is 5.91 Å². The summed E-state index contributed by atoms with van der Waals surface area (Å²) in [5.41, 5.74) is 7.26. The standard InChI is InChI=1S/C15H20N4O2/c1-10-3-2-4-11(17-10)9-19-13-7-8-18(15(16)21)12(13)5-6-14(19)20/h2-4,12-13H,5-9H2,1H3,(H2,16,21)/t12-,13-/m1/s1. The third-order valence-electron chi connectivity index (χ3n) is 4.45.